The number of alkyl halides is 3. The van der Waals surface area contributed by atoms with Gasteiger partial charge >= 0.3 is 12.1 Å². The zero-order chi connectivity index (χ0) is 21.8. The van der Waals surface area contributed by atoms with Crippen molar-refractivity contribution < 1.29 is 27.1 Å². The van der Waals surface area contributed by atoms with E-state index in [0.29, 0.717) is 10.9 Å². The highest BCUT2D eigenvalue weighted by molar-refractivity contribution is 9.10. The predicted molar refractivity (Wildman–Crippen MR) is 103 cm³/mol. The van der Waals surface area contributed by atoms with Crippen LogP contribution in [0.25, 0.3) is 0 Å². The normalized spacial score (nSPS) is 12.7. The van der Waals surface area contributed by atoms with Crippen LogP contribution in [0.1, 0.15) is 49.4 Å². The number of hydrogen-bond acceptors (Lipinski definition) is 3. The minimum atomic E-state index is -4.72. The maximum absolute atomic E-state index is 14.5. The molecule has 0 N–H and O–H groups in total. The SMILES string of the molecule is CCCCOC(=O)C(c1cc(Br)ccc1F)n1ccc(C(F)(F)F)c(CC)c1=O. The molecular formula is C20H20BrF4NO3. The van der Waals surface area contributed by atoms with Crippen LogP contribution in [0.15, 0.2) is 39.7 Å². The summed E-state index contributed by atoms with van der Waals surface area (Å²) in [4.78, 5) is 25.6. The smallest absolute Gasteiger partial charge is 0.416 e. The Kier molecular flexibility index (Phi) is 7.62. The van der Waals surface area contributed by atoms with Crippen LogP contribution in [-0.4, -0.2) is 17.1 Å². The van der Waals surface area contributed by atoms with Crippen LogP contribution in [0.5, 0.6) is 0 Å². The quantitative estimate of drug-likeness (QED) is 0.310. The van der Waals surface area contributed by atoms with E-state index in [1.165, 1.54) is 19.1 Å². The zero-order valence-corrected chi connectivity index (χ0v) is 17.4. The van der Waals surface area contributed by atoms with Gasteiger partial charge in [-0.1, -0.05) is 36.2 Å². The molecule has 0 fully saturated rings. The number of carbonyl (C=O) groups is 1. The second-order valence-electron chi connectivity index (χ2n) is 6.36. The molecule has 0 aliphatic rings. The van der Waals surface area contributed by atoms with Crippen molar-refractivity contribution in [2.24, 2.45) is 0 Å². The van der Waals surface area contributed by atoms with Gasteiger partial charge < -0.3 is 4.74 Å². The minimum Gasteiger partial charge on any atom is -0.464 e. The number of rotatable bonds is 7. The molecule has 1 heterocycles. The van der Waals surface area contributed by atoms with Gasteiger partial charge in [0.05, 0.1) is 12.2 Å². The van der Waals surface area contributed by atoms with E-state index in [0.717, 1.165) is 29.3 Å². The Bertz CT molecular complexity index is 940. The number of pyridine rings is 1. The third kappa shape index (κ3) is 5.26. The summed E-state index contributed by atoms with van der Waals surface area (Å²) < 4.78 is 60.7. The molecule has 2 rings (SSSR count). The highest BCUT2D eigenvalue weighted by atomic mass is 79.9. The van der Waals surface area contributed by atoms with Crippen molar-refractivity contribution in [2.75, 3.05) is 6.61 Å². The summed E-state index contributed by atoms with van der Waals surface area (Å²) >= 11 is 3.18. The number of benzene rings is 1. The van der Waals surface area contributed by atoms with Crippen LogP contribution in [0.3, 0.4) is 0 Å². The first-order valence-corrected chi connectivity index (χ1v) is 9.83. The van der Waals surface area contributed by atoms with Gasteiger partial charge in [-0.3, -0.25) is 9.36 Å². The molecule has 0 spiro atoms. The summed E-state index contributed by atoms with van der Waals surface area (Å²) in [5.41, 5.74) is -2.76. The summed E-state index contributed by atoms with van der Waals surface area (Å²) in [6.45, 7) is 3.34. The Morgan fingerprint density at radius 1 is 1.24 bits per heavy atom. The van der Waals surface area contributed by atoms with Crippen molar-refractivity contribution in [2.45, 2.75) is 45.3 Å². The van der Waals surface area contributed by atoms with Crippen LogP contribution in [0, 0.1) is 5.82 Å². The highest BCUT2D eigenvalue weighted by Crippen LogP contribution is 2.32. The van der Waals surface area contributed by atoms with Gasteiger partial charge in [-0.25, -0.2) is 9.18 Å². The first kappa shape index (κ1) is 23.1. The molecule has 29 heavy (non-hydrogen) atoms. The molecule has 0 amide bonds. The number of carbonyl (C=O) groups excluding carboxylic acids is 1. The highest BCUT2D eigenvalue weighted by Gasteiger charge is 2.36. The summed E-state index contributed by atoms with van der Waals surface area (Å²) in [5, 5.41) is 0. The molecule has 0 aliphatic carbocycles. The summed E-state index contributed by atoms with van der Waals surface area (Å²) in [6.07, 6.45) is -2.77. The van der Waals surface area contributed by atoms with E-state index < -0.39 is 40.7 Å². The first-order valence-electron chi connectivity index (χ1n) is 9.04. The van der Waals surface area contributed by atoms with Crippen LogP contribution in [-0.2, 0) is 22.1 Å². The lowest BCUT2D eigenvalue weighted by atomic mass is 10.0. The third-order valence-corrected chi connectivity index (χ3v) is 4.87. The van der Waals surface area contributed by atoms with Crippen LogP contribution in [0.4, 0.5) is 17.6 Å². The molecule has 0 bridgehead atoms. The van der Waals surface area contributed by atoms with Gasteiger partial charge in [-0.2, -0.15) is 13.2 Å². The molecule has 9 heteroatoms. The Labute approximate surface area is 173 Å². The molecule has 1 atom stereocenters. The number of hydrogen-bond donors (Lipinski definition) is 0. The summed E-state index contributed by atoms with van der Waals surface area (Å²) in [6, 6.07) is 2.98. The number of ether oxygens (including phenoxy) is 1. The molecule has 4 nitrogen and oxygen atoms in total. The molecule has 1 aromatic carbocycles. The predicted octanol–water partition coefficient (Wildman–Crippen LogP) is 5.26. The van der Waals surface area contributed by atoms with Crippen molar-refractivity contribution in [3.05, 3.63) is 67.8 Å². The third-order valence-electron chi connectivity index (χ3n) is 4.37. The Morgan fingerprint density at radius 2 is 1.93 bits per heavy atom. The second-order valence-corrected chi connectivity index (χ2v) is 7.28. The molecule has 1 aromatic heterocycles. The number of unbranched alkanes of at least 4 members (excludes halogenated alkanes) is 1. The van der Waals surface area contributed by atoms with E-state index in [1.54, 1.807) is 0 Å². The lowest BCUT2D eigenvalue weighted by Gasteiger charge is -2.22. The van der Waals surface area contributed by atoms with Crippen molar-refractivity contribution in [1.29, 1.82) is 0 Å². The van der Waals surface area contributed by atoms with Gasteiger partial charge in [0.1, 0.15) is 5.82 Å². The van der Waals surface area contributed by atoms with E-state index in [-0.39, 0.29) is 18.6 Å². The van der Waals surface area contributed by atoms with Gasteiger partial charge in [-0.05, 0) is 37.1 Å². The lowest BCUT2D eigenvalue weighted by Crippen LogP contribution is -2.35. The number of esters is 1. The Balaban J connectivity index is 2.67. The fourth-order valence-corrected chi connectivity index (χ4v) is 3.29. The summed E-state index contributed by atoms with van der Waals surface area (Å²) in [5.74, 6) is -1.70. The topological polar surface area (TPSA) is 48.3 Å². The number of nitrogens with zero attached hydrogens (tertiary/aromatic N) is 1. The van der Waals surface area contributed by atoms with Crippen molar-refractivity contribution in [3.63, 3.8) is 0 Å². The average molecular weight is 478 g/mol. The summed E-state index contributed by atoms with van der Waals surface area (Å²) in [7, 11) is 0. The van der Waals surface area contributed by atoms with E-state index in [1.807, 2.05) is 6.92 Å². The monoisotopic (exact) mass is 477 g/mol. The van der Waals surface area contributed by atoms with Crippen molar-refractivity contribution in [1.82, 2.24) is 4.57 Å². The van der Waals surface area contributed by atoms with Crippen LogP contribution >= 0.6 is 15.9 Å². The molecule has 158 valence electrons. The first-order chi connectivity index (χ1) is 13.6. The van der Waals surface area contributed by atoms with Crippen molar-refractivity contribution >= 4 is 21.9 Å². The van der Waals surface area contributed by atoms with Gasteiger partial charge in [0.2, 0.25) is 0 Å². The van der Waals surface area contributed by atoms with Crippen LogP contribution in [0.2, 0.25) is 0 Å². The Morgan fingerprint density at radius 3 is 2.52 bits per heavy atom. The Hall–Kier alpha value is -2.16. The van der Waals surface area contributed by atoms with Gasteiger partial charge in [0, 0.05) is 21.8 Å². The van der Waals surface area contributed by atoms with E-state index in [4.69, 9.17) is 4.74 Å². The largest absolute Gasteiger partial charge is 0.464 e. The fourth-order valence-electron chi connectivity index (χ4n) is 2.92. The van der Waals surface area contributed by atoms with E-state index >= 15 is 0 Å². The fraction of sp³-hybridized carbons (Fsp3) is 0.400. The zero-order valence-electron chi connectivity index (χ0n) is 15.9. The average Bonchev–Trinajstić information content (AvgIpc) is 2.65. The maximum Gasteiger partial charge on any atom is 0.416 e. The molecular weight excluding hydrogens is 458 g/mol. The van der Waals surface area contributed by atoms with Gasteiger partial charge in [0.15, 0.2) is 6.04 Å². The molecule has 0 aliphatic heterocycles. The molecule has 1 unspecified atom stereocenters. The molecule has 2 aromatic rings. The van der Waals surface area contributed by atoms with Crippen molar-refractivity contribution in [3.8, 4) is 0 Å². The standard InChI is InChI=1S/C20H20BrF4NO3/c1-3-5-10-29-19(28)17(14-11-12(21)6-7-16(14)22)26-9-8-15(20(23,24)25)13(4-2)18(26)27/h6-9,11,17H,3-5,10H2,1-2H3. The van der Waals surface area contributed by atoms with E-state index in [2.05, 4.69) is 15.9 Å². The van der Waals surface area contributed by atoms with Crippen LogP contribution < -0.4 is 5.56 Å². The lowest BCUT2D eigenvalue weighted by molar-refractivity contribution is -0.146. The molecule has 0 radical (unpaired) electrons. The second kappa shape index (κ2) is 9.56. The number of aromatic nitrogens is 1. The molecule has 0 saturated heterocycles. The minimum absolute atomic E-state index is 0.0531. The maximum atomic E-state index is 14.5. The van der Waals surface area contributed by atoms with Gasteiger partial charge in [-0.15, -0.1) is 0 Å². The van der Waals surface area contributed by atoms with Gasteiger partial charge in [0.25, 0.3) is 5.56 Å². The molecule has 0 saturated carbocycles. The number of halogens is 5. The van der Waals surface area contributed by atoms with E-state index in [9.17, 15) is 27.2 Å².